The molecule has 0 aliphatic carbocycles. The van der Waals surface area contributed by atoms with Crippen LogP contribution in [0.1, 0.15) is 116 Å². The quantitative estimate of drug-likeness (QED) is 0.175. The van der Waals surface area contributed by atoms with Crippen LogP contribution in [0.25, 0.3) is 66.1 Å². The summed E-state index contributed by atoms with van der Waals surface area (Å²) in [5.41, 5.74) is 7.68. The minimum Gasteiger partial charge on any atom is -0.309 e. The van der Waals surface area contributed by atoms with Crippen molar-refractivity contribution in [3.63, 3.8) is 0 Å². The number of hydrogen-bond acceptors (Lipinski definition) is 1. The monoisotopic (exact) mass is 801 g/mol. The lowest BCUT2D eigenvalue weighted by Gasteiger charge is -2.24. The van der Waals surface area contributed by atoms with Crippen molar-refractivity contribution in [2.75, 3.05) is 0 Å². The smallest absolute Gasteiger partial charge is 0.309 e. The van der Waals surface area contributed by atoms with Crippen molar-refractivity contribution in [1.82, 2.24) is 9.13 Å². The fourth-order valence-electron chi connectivity index (χ4n) is 8.58. The van der Waals surface area contributed by atoms with Gasteiger partial charge in [0.05, 0.1) is 50.6 Å². The van der Waals surface area contributed by atoms with Gasteiger partial charge in [0, 0.05) is 27.1 Å². The van der Waals surface area contributed by atoms with Gasteiger partial charge in [-0.05, 0) is 98.0 Å². The van der Waals surface area contributed by atoms with E-state index in [0.29, 0.717) is 33.4 Å². The Morgan fingerprint density at radius 3 is 1.13 bits per heavy atom. The van der Waals surface area contributed by atoms with Crippen molar-refractivity contribution in [2.45, 2.75) is 111 Å². The van der Waals surface area contributed by atoms with Crippen LogP contribution in [0.2, 0.25) is 0 Å². The Kier molecular flexibility index (Phi) is 9.29. The summed E-state index contributed by atoms with van der Waals surface area (Å²) in [6.07, 6.45) is -4.74. The molecule has 0 aliphatic rings. The average Bonchev–Trinajstić information content (AvgIpc) is 3.67. The molecule has 0 unspecified atom stereocenters. The third-order valence-corrected chi connectivity index (χ3v) is 12.2. The molecular formula is C54H54F3N3. The highest BCUT2D eigenvalue weighted by Crippen LogP contribution is 2.47. The van der Waals surface area contributed by atoms with E-state index in [4.69, 9.17) is 0 Å². The van der Waals surface area contributed by atoms with Crippen LogP contribution < -0.4 is 0 Å². The summed E-state index contributed by atoms with van der Waals surface area (Å²) in [4.78, 5) is 0. The Hall–Kier alpha value is -5.80. The summed E-state index contributed by atoms with van der Waals surface area (Å²) >= 11 is 0. The van der Waals surface area contributed by atoms with Crippen LogP contribution in [0.15, 0.2) is 109 Å². The van der Waals surface area contributed by atoms with Crippen molar-refractivity contribution in [3.05, 3.63) is 143 Å². The van der Waals surface area contributed by atoms with Crippen LogP contribution in [0, 0.1) is 11.3 Å². The lowest BCUT2D eigenvalue weighted by molar-refractivity contribution is -0.137. The number of rotatable bonds is 3. The minimum absolute atomic E-state index is 0.0345. The van der Waals surface area contributed by atoms with E-state index >= 15 is 13.2 Å². The first kappa shape index (κ1) is 41.0. The van der Waals surface area contributed by atoms with Gasteiger partial charge in [-0.15, -0.1) is 0 Å². The molecule has 306 valence electrons. The first-order valence-electron chi connectivity index (χ1n) is 20.8. The zero-order valence-electron chi connectivity index (χ0n) is 36.9. The first-order chi connectivity index (χ1) is 27.9. The zero-order valence-corrected chi connectivity index (χ0v) is 36.9. The van der Waals surface area contributed by atoms with Crippen LogP contribution in [0.5, 0.6) is 0 Å². The van der Waals surface area contributed by atoms with Crippen LogP contribution in [-0.4, -0.2) is 9.13 Å². The lowest BCUT2D eigenvalue weighted by Crippen LogP contribution is -2.15. The van der Waals surface area contributed by atoms with Crippen molar-refractivity contribution in [2.24, 2.45) is 0 Å². The van der Waals surface area contributed by atoms with Crippen molar-refractivity contribution in [1.29, 1.82) is 5.26 Å². The largest absolute Gasteiger partial charge is 0.418 e. The van der Waals surface area contributed by atoms with Crippen LogP contribution in [0.3, 0.4) is 0 Å². The van der Waals surface area contributed by atoms with E-state index in [1.165, 1.54) is 6.07 Å². The molecule has 0 fully saturated rings. The maximum Gasteiger partial charge on any atom is 0.418 e. The summed E-state index contributed by atoms with van der Waals surface area (Å²) in [7, 11) is 0. The second kappa shape index (κ2) is 13.6. The third kappa shape index (κ3) is 6.96. The normalized spacial score (nSPS) is 13.2. The molecule has 3 nitrogen and oxygen atoms in total. The Labute approximate surface area is 352 Å². The molecule has 60 heavy (non-hydrogen) atoms. The fourth-order valence-corrected chi connectivity index (χ4v) is 8.58. The molecule has 2 heterocycles. The van der Waals surface area contributed by atoms with Crippen LogP contribution >= 0.6 is 0 Å². The van der Waals surface area contributed by atoms with Gasteiger partial charge in [0.1, 0.15) is 0 Å². The van der Waals surface area contributed by atoms with Gasteiger partial charge in [-0.2, -0.15) is 18.4 Å². The number of hydrogen-bond donors (Lipinski definition) is 0. The van der Waals surface area contributed by atoms with Crippen molar-refractivity contribution in [3.8, 4) is 28.6 Å². The third-order valence-electron chi connectivity index (χ3n) is 12.2. The average molecular weight is 802 g/mol. The van der Waals surface area contributed by atoms with Gasteiger partial charge < -0.3 is 9.13 Å². The van der Waals surface area contributed by atoms with E-state index in [1.54, 1.807) is 18.2 Å². The number of halogens is 3. The number of nitrogens with zero attached hydrogens (tertiary/aromatic N) is 3. The first-order valence-corrected chi connectivity index (χ1v) is 20.8. The molecule has 8 rings (SSSR count). The van der Waals surface area contributed by atoms with E-state index in [0.717, 1.165) is 54.8 Å². The SMILES string of the molecule is CC(C)(C)c1ccc2c3ccc(C(C)(C)C)cc3n(-c3cc(C(F)(F)F)c(-n4c5cc(C(C)(C)C)ccc5c5ccc(C(C)(C)C)cc54)cc3-c3cccc(C#N)c3)c2c1. The van der Waals surface area contributed by atoms with E-state index in [9.17, 15) is 5.26 Å². The molecule has 6 aromatic carbocycles. The standard InChI is InChI=1S/C54H54F3N3/c1-50(2,3)34-16-20-38-39-21-17-35(51(4,5)6)26-45(39)59(44(38)25-34)48-30-43(54(55,56)57)49(29-42(48)33-15-13-14-32(24-33)31-58)60-46-27-36(52(7,8)9)18-22-40(46)41-23-19-37(28-47(41)60)53(10,11)12/h13-30H,1-12H3. The van der Waals surface area contributed by atoms with Gasteiger partial charge >= 0.3 is 6.18 Å². The van der Waals surface area contributed by atoms with Gasteiger partial charge in [0.2, 0.25) is 0 Å². The molecule has 8 aromatic rings. The highest BCUT2D eigenvalue weighted by molar-refractivity contribution is 6.11. The summed E-state index contributed by atoms with van der Waals surface area (Å²) in [6.45, 7) is 25.6. The van der Waals surface area contributed by atoms with Gasteiger partial charge in [-0.25, -0.2) is 0 Å². The van der Waals surface area contributed by atoms with Gasteiger partial charge in [-0.1, -0.05) is 144 Å². The predicted octanol–water partition coefficient (Wildman–Crippen LogP) is 15.6. The minimum atomic E-state index is -4.74. The van der Waals surface area contributed by atoms with Gasteiger partial charge in [-0.3, -0.25) is 0 Å². The lowest BCUT2D eigenvalue weighted by atomic mass is 9.86. The predicted molar refractivity (Wildman–Crippen MR) is 245 cm³/mol. The number of alkyl halides is 3. The molecular weight excluding hydrogens is 748 g/mol. The molecule has 0 atom stereocenters. The number of benzene rings is 6. The molecule has 0 amide bonds. The summed E-state index contributed by atoms with van der Waals surface area (Å²) in [5.74, 6) is 0. The summed E-state index contributed by atoms with van der Waals surface area (Å²) < 4.78 is 52.6. The highest BCUT2D eigenvalue weighted by Gasteiger charge is 2.37. The van der Waals surface area contributed by atoms with E-state index in [-0.39, 0.29) is 27.3 Å². The molecule has 0 radical (unpaired) electrons. The maximum atomic E-state index is 16.3. The Bertz CT molecular complexity index is 2920. The maximum absolute atomic E-state index is 16.3. The molecule has 0 bridgehead atoms. The van der Waals surface area contributed by atoms with Gasteiger partial charge in [0.15, 0.2) is 0 Å². The number of nitriles is 1. The summed E-state index contributed by atoms with van der Waals surface area (Å²) in [6, 6.07) is 37.7. The highest BCUT2D eigenvalue weighted by atomic mass is 19.4. The Balaban J connectivity index is 1.61. The molecule has 6 heteroatoms. The molecule has 0 N–H and O–H groups in total. The second-order valence-electron chi connectivity index (χ2n) is 20.7. The number of fused-ring (bicyclic) bond motifs is 6. The summed E-state index contributed by atoms with van der Waals surface area (Å²) in [5, 5.41) is 13.8. The topological polar surface area (TPSA) is 33.6 Å². The molecule has 0 saturated heterocycles. The van der Waals surface area contributed by atoms with E-state index < -0.39 is 11.7 Å². The Morgan fingerprint density at radius 2 is 0.800 bits per heavy atom. The van der Waals surface area contributed by atoms with E-state index in [1.807, 2.05) is 21.3 Å². The van der Waals surface area contributed by atoms with E-state index in [2.05, 4.69) is 162 Å². The second-order valence-corrected chi connectivity index (χ2v) is 20.7. The zero-order chi connectivity index (χ0) is 43.5. The molecule has 0 saturated carbocycles. The molecule has 0 spiro atoms. The number of aromatic nitrogens is 2. The van der Waals surface area contributed by atoms with Crippen molar-refractivity contribution < 1.29 is 13.2 Å². The Morgan fingerprint density at radius 1 is 0.433 bits per heavy atom. The van der Waals surface area contributed by atoms with Gasteiger partial charge in [0.25, 0.3) is 0 Å². The fraction of sp³-hybridized carbons (Fsp3) is 0.315. The van der Waals surface area contributed by atoms with Crippen LogP contribution in [0.4, 0.5) is 13.2 Å². The molecule has 2 aromatic heterocycles. The van der Waals surface area contributed by atoms with Crippen molar-refractivity contribution >= 4 is 43.6 Å². The van der Waals surface area contributed by atoms with Crippen LogP contribution in [-0.2, 0) is 27.8 Å². The molecule has 0 aliphatic heterocycles.